The predicted octanol–water partition coefficient (Wildman–Crippen LogP) is 1.34. The highest BCUT2D eigenvalue weighted by molar-refractivity contribution is 7.91. The van der Waals surface area contributed by atoms with Crippen LogP contribution in [0.3, 0.4) is 0 Å². The first-order valence-electron chi connectivity index (χ1n) is 7.06. The van der Waals surface area contributed by atoms with Gasteiger partial charge < -0.3 is 10.4 Å². The summed E-state index contributed by atoms with van der Waals surface area (Å²) in [6.45, 7) is 3.81. The second-order valence-electron chi connectivity index (χ2n) is 5.45. The number of hydrogen-bond donors (Lipinski definition) is 2. The molecule has 0 aromatic rings. The van der Waals surface area contributed by atoms with E-state index in [9.17, 15) is 13.5 Å². The fourth-order valence-electron chi connectivity index (χ4n) is 2.73. The highest BCUT2D eigenvalue weighted by Crippen LogP contribution is 2.23. The Labute approximate surface area is 111 Å². The molecule has 0 heterocycles. The number of aliphatic hydroxyl groups is 1. The maximum Gasteiger partial charge on any atom is 0.151 e. The molecule has 0 aliphatic heterocycles. The van der Waals surface area contributed by atoms with E-state index in [4.69, 9.17) is 0 Å². The van der Waals surface area contributed by atoms with Crippen LogP contribution in [0.2, 0.25) is 0 Å². The van der Waals surface area contributed by atoms with Crippen molar-refractivity contribution >= 4 is 9.84 Å². The van der Waals surface area contributed by atoms with Gasteiger partial charge in [0.05, 0.1) is 5.75 Å². The zero-order chi connectivity index (χ0) is 13.6. The topological polar surface area (TPSA) is 66.4 Å². The summed E-state index contributed by atoms with van der Waals surface area (Å²) in [6, 6.07) is 0.228. The standard InChI is InChI=1S/C13H27NO3S/c1-3-18(16,17)10-11(2)14-13-8-6-4-5-7-12(13)9-15/h11-15H,3-10H2,1-2H3. The van der Waals surface area contributed by atoms with Crippen LogP contribution in [0.15, 0.2) is 0 Å². The van der Waals surface area contributed by atoms with E-state index < -0.39 is 9.84 Å². The number of hydrogen-bond acceptors (Lipinski definition) is 4. The summed E-state index contributed by atoms with van der Waals surface area (Å²) in [4.78, 5) is 0. The molecule has 4 nitrogen and oxygen atoms in total. The van der Waals surface area contributed by atoms with Crippen LogP contribution in [0.4, 0.5) is 0 Å². The van der Waals surface area contributed by atoms with Crippen molar-refractivity contribution in [2.45, 2.75) is 58.0 Å². The fraction of sp³-hybridized carbons (Fsp3) is 1.00. The molecule has 0 bridgehead atoms. The van der Waals surface area contributed by atoms with E-state index in [0.717, 1.165) is 12.8 Å². The van der Waals surface area contributed by atoms with E-state index in [2.05, 4.69) is 5.32 Å². The predicted molar refractivity (Wildman–Crippen MR) is 74.4 cm³/mol. The monoisotopic (exact) mass is 277 g/mol. The van der Waals surface area contributed by atoms with Gasteiger partial charge in [0.2, 0.25) is 0 Å². The van der Waals surface area contributed by atoms with Crippen molar-refractivity contribution in [3.8, 4) is 0 Å². The molecule has 3 unspecified atom stereocenters. The molecule has 0 radical (unpaired) electrons. The van der Waals surface area contributed by atoms with Crippen LogP contribution >= 0.6 is 0 Å². The van der Waals surface area contributed by atoms with Gasteiger partial charge in [-0.2, -0.15) is 0 Å². The van der Waals surface area contributed by atoms with Gasteiger partial charge in [0.15, 0.2) is 9.84 Å². The van der Waals surface area contributed by atoms with Gasteiger partial charge in [0.25, 0.3) is 0 Å². The van der Waals surface area contributed by atoms with Crippen LogP contribution in [-0.4, -0.2) is 43.7 Å². The average molecular weight is 277 g/mol. The number of sulfone groups is 1. The molecule has 2 N–H and O–H groups in total. The quantitative estimate of drug-likeness (QED) is 0.719. The van der Waals surface area contributed by atoms with Gasteiger partial charge in [-0.1, -0.05) is 26.2 Å². The fourth-order valence-corrected chi connectivity index (χ4v) is 3.83. The number of rotatable bonds is 6. The summed E-state index contributed by atoms with van der Waals surface area (Å²) in [6.07, 6.45) is 5.64. The molecule has 3 atom stereocenters. The lowest BCUT2D eigenvalue weighted by molar-refractivity contribution is 0.177. The van der Waals surface area contributed by atoms with Crippen LogP contribution in [0.1, 0.15) is 46.0 Å². The summed E-state index contributed by atoms with van der Waals surface area (Å²) >= 11 is 0. The molecule has 1 fully saturated rings. The Hall–Kier alpha value is -0.130. The maximum absolute atomic E-state index is 11.6. The molecule has 0 spiro atoms. The summed E-state index contributed by atoms with van der Waals surface area (Å²) in [7, 11) is -2.93. The molecule has 1 rings (SSSR count). The van der Waals surface area contributed by atoms with Crippen molar-refractivity contribution in [2.24, 2.45) is 5.92 Å². The third-order valence-electron chi connectivity index (χ3n) is 3.84. The minimum atomic E-state index is -2.93. The Bertz CT molecular complexity index is 329. The first kappa shape index (κ1) is 15.9. The molecule has 108 valence electrons. The molecule has 1 aliphatic carbocycles. The van der Waals surface area contributed by atoms with E-state index >= 15 is 0 Å². The van der Waals surface area contributed by atoms with Crippen LogP contribution < -0.4 is 5.32 Å². The normalized spacial score (nSPS) is 27.7. The van der Waals surface area contributed by atoms with E-state index in [-0.39, 0.29) is 36.1 Å². The zero-order valence-corrected chi connectivity index (χ0v) is 12.4. The lowest BCUT2D eigenvalue weighted by atomic mass is 9.95. The second-order valence-corrected chi connectivity index (χ2v) is 7.85. The van der Waals surface area contributed by atoms with E-state index in [1.54, 1.807) is 6.92 Å². The molecule has 0 aromatic carbocycles. The van der Waals surface area contributed by atoms with Crippen molar-refractivity contribution < 1.29 is 13.5 Å². The summed E-state index contributed by atoms with van der Waals surface area (Å²) in [5.41, 5.74) is 0. The van der Waals surface area contributed by atoms with Gasteiger partial charge in [-0.05, 0) is 25.7 Å². The average Bonchev–Trinajstić information content (AvgIpc) is 2.53. The third kappa shape index (κ3) is 5.24. The largest absolute Gasteiger partial charge is 0.396 e. The van der Waals surface area contributed by atoms with Crippen LogP contribution in [0, 0.1) is 5.92 Å². The van der Waals surface area contributed by atoms with Gasteiger partial charge in [-0.25, -0.2) is 8.42 Å². The van der Waals surface area contributed by atoms with Crippen LogP contribution in [0.5, 0.6) is 0 Å². The van der Waals surface area contributed by atoms with Crippen molar-refractivity contribution in [1.29, 1.82) is 0 Å². The molecule has 0 saturated heterocycles. The third-order valence-corrected chi connectivity index (χ3v) is 5.72. The lowest BCUT2D eigenvalue weighted by Crippen LogP contribution is -2.45. The number of aliphatic hydroxyl groups excluding tert-OH is 1. The van der Waals surface area contributed by atoms with Gasteiger partial charge in [0, 0.05) is 24.4 Å². The van der Waals surface area contributed by atoms with Crippen molar-refractivity contribution in [3.63, 3.8) is 0 Å². The zero-order valence-electron chi connectivity index (χ0n) is 11.6. The minimum Gasteiger partial charge on any atom is -0.396 e. The Morgan fingerprint density at radius 1 is 1.28 bits per heavy atom. The molecular formula is C13H27NO3S. The Morgan fingerprint density at radius 2 is 1.94 bits per heavy atom. The van der Waals surface area contributed by atoms with Gasteiger partial charge in [-0.15, -0.1) is 0 Å². The lowest BCUT2D eigenvalue weighted by Gasteiger charge is -2.28. The van der Waals surface area contributed by atoms with E-state index in [0.29, 0.717) is 0 Å². The van der Waals surface area contributed by atoms with E-state index in [1.807, 2.05) is 6.92 Å². The Balaban J connectivity index is 2.52. The van der Waals surface area contributed by atoms with Crippen molar-refractivity contribution in [2.75, 3.05) is 18.1 Å². The molecule has 1 aliphatic rings. The molecule has 0 aromatic heterocycles. The molecule has 18 heavy (non-hydrogen) atoms. The summed E-state index contributed by atoms with van der Waals surface area (Å²) < 4.78 is 23.2. The first-order chi connectivity index (χ1) is 8.48. The smallest absolute Gasteiger partial charge is 0.151 e. The van der Waals surface area contributed by atoms with Crippen LogP contribution in [0.25, 0.3) is 0 Å². The maximum atomic E-state index is 11.6. The SMILES string of the molecule is CCS(=O)(=O)CC(C)NC1CCCCCC1CO. The Morgan fingerprint density at radius 3 is 2.56 bits per heavy atom. The van der Waals surface area contributed by atoms with Crippen molar-refractivity contribution in [3.05, 3.63) is 0 Å². The molecule has 5 heteroatoms. The number of nitrogens with one attached hydrogen (secondary N) is 1. The van der Waals surface area contributed by atoms with Gasteiger partial charge in [0.1, 0.15) is 0 Å². The molecule has 1 saturated carbocycles. The minimum absolute atomic E-state index is 0.0351. The highest BCUT2D eigenvalue weighted by atomic mass is 32.2. The van der Waals surface area contributed by atoms with Crippen molar-refractivity contribution in [1.82, 2.24) is 5.32 Å². The summed E-state index contributed by atoms with van der Waals surface area (Å²) in [5.74, 6) is 0.671. The molecule has 0 amide bonds. The highest BCUT2D eigenvalue weighted by Gasteiger charge is 2.25. The van der Waals surface area contributed by atoms with Crippen LogP contribution in [-0.2, 0) is 9.84 Å². The second kappa shape index (κ2) is 7.46. The van der Waals surface area contributed by atoms with Gasteiger partial charge >= 0.3 is 0 Å². The summed E-state index contributed by atoms with van der Waals surface area (Å²) in [5, 5.41) is 12.8. The van der Waals surface area contributed by atoms with E-state index in [1.165, 1.54) is 19.3 Å². The Kier molecular flexibility index (Phi) is 6.60. The first-order valence-corrected chi connectivity index (χ1v) is 8.88. The van der Waals surface area contributed by atoms with Gasteiger partial charge in [-0.3, -0.25) is 0 Å². The molecular weight excluding hydrogens is 250 g/mol.